The number of ether oxygens (including phenoxy) is 3. The van der Waals surface area contributed by atoms with Crippen molar-refractivity contribution in [2.24, 2.45) is 0 Å². The van der Waals surface area contributed by atoms with E-state index in [0.29, 0.717) is 25.2 Å². The van der Waals surface area contributed by atoms with Gasteiger partial charge in [-0.25, -0.2) is 4.98 Å². The van der Waals surface area contributed by atoms with Gasteiger partial charge in [-0.3, -0.25) is 0 Å². The molecule has 1 aromatic carbocycles. The van der Waals surface area contributed by atoms with E-state index in [1.807, 2.05) is 13.0 Å². The first-order chi connectivity index (χ1) is 14.1. The number of benzene rings is 1. The zero-order chi connectivity index (χ0) is 22.1. The van der Waals surface area contributed by atoms with E-state index < -0.39 is 11.9 Å². The Morgan fingerprint density at radius 3 is 2.33 bits per heavy atom. The first-order valence-electron chi connectivity index (χ1n) is 9.08. The number of hydrogen-bond donors (Lipinski definition) is 0. The molecule has 2 rings (SSSR count). The summed E-state index contributed by atoms with van der Waals surface area (Å²) in [4.78, 5) is 7.24. The summed E-state index contributed by atoms with van der Waals surface area (Å²) in [5.41, 5.74) is -0.112. The second-order valence-electron chi connectivity index (χ2n) is 6.27. The summed E-state index contributed by atoms with van der Waals surface area (Å²) in [6.07, 6.45) is -1.74. The van der Waals surface area contributed by atoms with Crippen LogP contribution in [0.25, 0.3) is 0 Å². The molecule has 0 N–H and O–H groups in total. The van der Waals surface area contributed by atoms with Crippen LogP contribution in [0.2, 0.25) is 0 Å². The Bertz CT molecular complexity index is 873. The van der Waals surface area contributed by atoms with Crippen molar-refractivity contribution in [1.82, 2.24) is 9.97 Å². The van der Waals surface area contributed by atoms with Crippen molar-refractivity contribution in [2.75, 3.05) is 19.8 Å². The lowest BCUT2D eigenvalue weighted by Crippen LogP contribution is -2.11. The van der Waals surface area contributed by atoms with Crippen LogP contribution in [0.4, 0.5) is 13.2 Å². The SMILES string of the molecule is Cc1nc(OCCCCOc2ccc(OCC=C(Cl)Cl)cc2C)cc(C(F)(F)F)n1. The van der Waals surface area contributed by atoms with Crippen LogP contribution in [0.3, 0.4) is 0 Å². The van der Waals surface area contributed by atoms with Gasteiger partial charge < -0.3 is 14.2 Å². The Labute approximate surface area is 182 Å². The van der Waals surface area contributed by atoms with Gasteiger partial charge in [0.2, 0.25) is 5.88 Å². The molecule has 0 amide bonds. The molecule has 0 saturated carbocycles. The minimum Gasteiger partial charge on any atom is -0.493 e. The standard InChI is InChI=1S/C20H21Cl2F3N2O3/c1-13-11-15(28-10-7-18(21)22)5-6-16(13)29-8-3-4-9-30-19-12-17(20(23,24)25)26-14(2)27-19/h5-7,11-12H,3-4,8-10H2,1-2H3. The molecule has 10 heteroatoms. The summed E-state index contributed by atoms with van der Waals surface area (Å²) in [6, 6.07) is 6.21. The molecule has 0 aliphatic heterocycles. The fraction of sp³-hybridized carbons (Fsp3) is 0.400. The van der Waals surface area contributed by atoms with E-state index >= 15 is 0 Å². The van der Waals surface area contributed by atoms with Gasteiger partial charge in [0.1, 0.15) is 28.4 Å². The van der Waals surface area contributed by atoms with Crippen molar-refractivity contribution in [3.8, 4) is 17.4 Å². The van der Waals surface area contributed by atoms with Crippen molar-refractivity contribution in [3.63, 3.8) is 0 Å². The predicted octanol–water partition coefficient (Wildman–Crippen LogP) is 6.05. The van der Waals surface area contributed by atoms with Gasteiger partial charge in [0.15, 0.2) is 5.69 Å². The molecule has 0 unspecified atom stereocenters. The lowest BCUT2D eigenvalue weighted by Gasteiger charge is -2.12. The van der Waals surface area contributed by atoms with Gasteiger partial charge in [-0.05, 0) is 56.5 Å². The minimum atomic E-state index is -4.54. The highest BCUT2D eigenvalue weighted by molar-refractivity contribution is 6.55. The molecule has 2 aromatic rings. The highest BCUT2D eigenvalue weighted by Gasteiger charge is 2.33. The van der Waals surface area contributed by atoms with Crippen LogP contribution in [-0.4, -0.2) is 29.8 Å². The Morgan fingerprint density at radius 2 is 1.70 bits per heavy atom. The maximum absolute atomic E-state index is 12.8. The quantitative estimate of drug-likeness (QED) is 0.400. The molecule has 0 bridgehead atoms. The first kappa shape index (κ1) is 24.1. The van der Waals surface area contributed by atoms with Crippen molar-refractivity contribution < 1.29 is 27.4 Å². The first-order valence-corrected chi connectivity index (χ1v) is 9.84. The molecular weight excluding hydrogens is 444 g/mol. The van der Waals surface area contributed by atoms with Gasteiger partial charge in [-0.15, -0.1) is 0 Å². The summed E-state index contributed by atoms with van der Waals surface area (Å²) in [5.74, 6) is 1.30. The number of aryl methyl sites for hydroxylation is 2. The summed E-state index contributed by atoms with van der Waals surface area (Å²) < 4.78 is 55.0. The van der Waals surface area contributed by atoms with Crippen LogP contribution in [0.1, 0.15) is 29.9 Å². The number of alkyl halides is 3. The molecule has 0 aliphatic rings. The van der Waals surface area contributed by atoms with E-state index in [0.717, 1.165) is 17.4 Å². The Balaban J connectivity index is 1.73. The highest BCUT2D eigenvalue weighted by Crippen LogP contribution is 2.29. The monoisotopic (exact) mass is 464 g/mol. The molecule has 30 heavy (non-hydrogen) atoms. The molecular formula is C20H21Cl2F3N2O3. The number of aromatic nitrogens is 2. The Hall–Kier alpha value is -2.19. The van der Waals surface area contributed by atoms with Crippen LogP contribution < -0.4 is 14.2 Å². The largest absolute Gasteiger partial charge is 0.493 e. The van der Waals surface area contributed by atoms with Gasteiger partial charge >= 0.3 is 6.18 Å². The zero-order valence-corrected chi connectivity index (χ0v) is 17.9. The van der Waals surface area contributed by atoms with Gasteiger partial charge in [0, 0.05) is 6.07 Å². The van der Waals surface area contributed by atoms with Crippen molar-refractivity contribution in [3.05, 3.63) is 51.9 Å². The van der Waals surface area contributed by atoms with Crippen LogP contribution >= 0.6 is 23.2 Å². The molecule has 164 valence electrons. The molecule has 0 spiro atoms. The normalized spacial score (nSPS) is 11.2. The fourth-order valence-electron chi connectivity index (χ4n) is 2.40. The molecule has 5 nitrogen and oxygen atoms in total. The summed E-state index contributed by atoms with van der Waals surface area (Å²) in [5, 5.41) is 0. The average molecular weight is 465 g/mol. The van der Waals surface area contributed by atoms with Gasteiger partial charge in [0.05, 0.1) is 13.2 Å². The molecule has 0 aliphatic carbocycles. The smallest absolute Gasteiger partial charge is 0.433 e. The number of unbranched alkanes of at least 4 members (excludes halogenated alkanes) is 1. The third kappa shape index (κ3) is 8.28. The van der Waals surface area contributed by atoms with Crippen LogP contribution in [0, 0.1) is 13.8 Å². The molecule has 0 saturated heterocycles. The lowest BCUT2D eigenvalue weighted by molar-refractivity contribution is -0.141. The number of halogens is 5. The maximum Gasteiger partial charge on any atom is 0.433 e. The molecule has 0 atom stereocenters. The van der Waals surface area contributed by atoms with Crippen molar-refractivity contribution in [1.29, 1.82) is 0 Å². The van der Waals surface area contributed by atoms with E-state index in [2.05, 4.69) is 9.97 Å². The predicted molar refractivity (Wildman–Crippen MR) is 108 cm³/mol. The van der Waals surface area contributed by atoms with Crippen molar-refractivity contribution in [2.45, 2.75) is 32.9 Å². The second-order valence-corrected chi connectivity index (χ2v) is 7.28. The highest BCUT2D eigenvalue weighted by atomic mass is 35.5. The van der Waals surface area contributed by atoms with Crippen LogP contribution in [0.15, 0.2) is 34.8 Å². The molecule has 0 radical (unpaired) electrons. The second kappa shape index (κ2) is 11.3. The van der Waals surface area contributed by atoms with Gasteiger partial charge in [-0.1, -0.05) is 23.2 Å². The van der Waals surface area contributed by atoms with E-state index in [1.165, 1.54) is 13.0 Å². The van der Waals surface area contributed by atoms with Crippen molar-refractivity contribution >= 4 is 23.2 Å². The van der Waals surface area contributed by atoms with Gasteiger partial charge in [-0.2, -0.15) is 18.2 Å². The van der Waals surface area contributed by atoms with Gasteiger partial charge in [0.25, 0.3) is 0 Å². The number of nitrogens with zero attached hydrogens (tertiary/aromatic N) is 2. The average Bonchev–Trinajstić information content (AvgIpc) is 2.64. The zero-order valence-electron chi connectivity index (χ0n) is 16.4. The summed E-state index contributed by atoms with van der Waals surface area (Å²) in [6.45, 7) is 4.20. The number of rotatable bonds is 10. The molecule has 1 heterocycles. The summed E-state index contributed by atoms with van der Waals surface area (Å²) >= 11 is 11.1. The minimum absolute atomic E-state index is 0.00726. The van der Waals surface area contributed by atoms with E-state index in [9.17, 15) is 13.2 Å². The van der Waals surface area contributed by atoms with E-state index in [-0.39, 0.29) is 29.4 Å². The molecule has 0 fully saturated rings. The van der Waals surface area contributed by atoms with Crippen LogP contribution in [0.5, 0.6) is 17.4 Å². The maximum atomic E-state index is 12.8. The van der Waals surface area contributed by atoms with Crippen LogP contribution in [-0.2, 0) is 6.18 Å². The Morgan fingerprint density at radius 1 is 1.00 bits per heavy atom. The number of hydrogen-bond acceptors (Lipinski definition) is 5. The van der Waals surface area contributed by atoms with E-state index in [1.54, 1.807) is 12.1 Å². The third-order valence-electron chi connectivity index (χ3n) is 3.79. The fourth-order valence-corrected chi connectivity index (χ4v) is 2.52. The summed E-state index contributed by atoms with van der Waals surface area (Å²) in [7, 11) is 0. The topological polar surface area (TPSA) is 53.5 Å². The Kier molecular flexibility index (Phi) is 9.05. The van der Waals surface area contributed by atoms with E-state index in [4.69, 9.17) is 37.4 Å². The lowest BCUT2D eigenvalue weighted by atomic mass is 10.2. The molecule has 1 aromatic heterocycles. The third-order valence-corrected chi connectivity index (χ3v) is 4.09.